The molecule has 0 saturated heterocycles. The predicted molar refractivity (Wildman–Crippen MR) is 377 cm³/mol. The summed E-state index contributed by atoms with van der Waals surface area (Å²) in [6, 6.07) is 106. The molecule has 2 heterocycles. The van der Waals surface area contributed by atoms with E-state index in [2.05, 4.69) is 321 Å². The summed E-state index contributed by atoms with van der Waals surface area (Å²) in [7, 11) is 0. The summed E-state index contributed by atoms with van der Waals surface area (Å²) < 4.78 is 13.4. The van der Waals surface area contributed by atoms with Gasteiger partial charge in [0.05, 0.1) is 16.8 Å². The molecule has 2 aliphatic rings. The molecule has 90 heavy (non-hydrogen) atoms. The summed E-state index contributed by atoms with van der Waals surface area (Å²) in [5, 5.41) is 9.14. The van der Waals surface area contributed by atoms with Gasteiger partial charge in [0.1, 0.15) is 11.2 Å². The second kappa shape index (κ2) is 20.2. The predicted octanol–water partition coefficient (Wildman–Crippen LogP) is 24.1. The number of fused-ring (bicyclic) bond motifs is 19. The summed E-state index contributed by atoms with van der Waals surface area (Å²) in [4.78, 5) is 4.65. The molecule has 2 aliphatic carbocycles. The van der Waals surface area contributed by atoms with E-state index < -0.39 is 5.41 Å². The van der Waals surface area contributed by atoms with Crippen molar-refractivity contribution in [3.05, 3.63) is 337 Å². The third-order valence-corrected chi connectivity index (χ3v) is 19.1. The lowest BCUT2D eigenvalue weighted by Gasteiger charge is -2.32. The standard InChI is InChI=1S/C86H56N2O2/c1-3-23-65-64(4-2)82-74-52-58-45-44-56(54-24-19-30-62(49-54)87(60-26-7-5-8-27-60)78-40-21-36-71-68-34-13-17-42-80(68)89-84(71)78)48-59(58)53-77(74)86(75-38-15-11-32-66(75)67-33-12-16-39-76(67)86)83(82)70-47-46-57(51-73(65)70)55-25-20-31-63(50-55)88(61-28-9-6-10-29-61)79-41-22-37-72-69-35-14-18-43-81(69)90-85(72)79/h3-53H,2H2,1H3/b23-3-. The number of hydrogen-bond donors (Lipinski definition) is 0. The van der Waals surface area contributed by atoms with Crippen molar-refractivity contribution in [1.29, 1.82) is 0 Å². The Balaban J connectivity index is 0.818. The van der Waals surface area contributed by atoms with Gasteiger partial charge in [-0.1, -0.05) is 219 Å². The third-order valence-electron chi connectivity index (χ3n) is 19.1. The van der Waals surface area contributed by atoms with Crippen LogP contribution in [0.1, 0.15) is 40.3 Å². The van der Waals surface area contributed by atoms with Gasteiger partial charge < -0.3 is 18.6 Å². The number of furan rings is 2. The van der Waals surface area contributed by atoms with Crippen LogP contribution in [0.15, 0.2) is 313 Å². The fraction of sp³-hybridized carbons (Fsp3) is 0.0233. The molecular formula is C86H56N2O2. The van der Waals surface area contributed by atoms with E-state index >= 15 is 0 Å². The fourth-order valence-electron chi connectivity index (χ4n) is 15.3. The van der Waals surface area contributed by atoms with E-state index in [-0.39, 0.29) is 0 Å². The molecule has 16 aromatic rings. The highest BCUT2D eigenvalue weighted by Crippen LogP contribution is 2.66. The molecule has 1 spiro atoms. The first kappa shape index (κ1) is 51.5. The average molecular weight is 1150 g/mol. The van der Waals surface area contributed by atoms with Crippen molar-refractivity contribution in [2.24, 2.45) is 0 Å². The minimum absolute atomic E-state index is 0.657. The highest BCUT2D eigenvalue weighted by molar-refractivity contribution is 6.14. The number of benzene rings is 14. The first-order valence-electron chi connectivity index (χ1n) is 30.9. The molecule has 4 nitrogen and oxygen atoms in total. The second-order valence-corrected chi connectivity index (χ2v) is 23.8. The van der Waals surface area contributed by atoms with Gasteiger partial charge in [-0.3, -0.25) is 0 Å². The first-order chi connectivity index (χ1) is 44.5. The Morgan fingerprint density at radius 2 is 0.833 bits per heavy atom. The number of hydrogen-bond acceptors (Lipinski definition) is 4. The van der Waals surface area contributed by atoms with Gasteiger partial charge in [-0.25, -0.2) is 0 Å². The van der Waals surface area contributed by atoms with Crippen LogP contribution in [-0.2, 0) is 5.41 Å². The van der Waals surface area contributed by atoms with Crippen LogP contribution < -0.4 is 9.80 Å². The van der Waals surface area contributed by atoms with E-state index in [1.165, 1.54) is 66.1 Å². The number of anilines is 6. The Kier molecular flexibility index (Phi) is 11.5. The van der Waals surface area contributed by atoms with Crippen molar-refractivity contribution in [3.63, 3.8) is 0 Å². The van der Waals surface area contributed by atoms with Crippen LogP contribution in [0.3, 0.4) is 0 Å². The summed E-state index contributed by atoms with van der Waals surface area (Å²) in [6.07, 6.45) is 6.59. The van der Waals surface area contributed by atoms with E-state index in [9.17, 15) is 0 Å². The van der Waals surface area contributed by atoms with E-state index in [1.807, 2.05) is 12.1 Å². The molecule has 0 fully saturated rings. The van der Waals surface area contributed by atoms with E-state index in [0.29, 0.717) is 0 Å². The van der Waals surface area contributed by atoms with Crippen molar-refractivity contribution in [2.75, 3.05) is 9.80 Å². The Bertz CT molecular complexity index is 5620. The average Bonchev–Trinajstić information content (AvgIpc) is 1.49. The number of nitrogens with zero attached hydrogens (tertiary/aromatic N) is 2. The zero-order chi connectivity index (χ0) is 59.6. The molecule has 0 saturated carbocycles. The lowest BCUT2D eigenvalue weighted by Crippen LogP contribution is -2.26. The third kappa shape index (κ3) is 7.55. The molecule has 0 radical (unpaired) electrons. The normalized spacial score (nSPS) is 12.8. The molecule has 0 atom stereocenters. The van der Waals surface area contributed by atoms with E-state index in [0.717, 1.165) is 111 Å². The molecule has 18 rings (SSSR count). The zero-order valence-corrected chi connectivity index (χ0v) is 49.4. The minimum Gasteiger partial charge on any atom is -0.454 e. The Morgan fingerprint density at radius 1 is 0.344 bits per heavy atom. The van der Waals surface area contributed by atoms with Gasteiger partial charge in [-0.05, 0) is 203 Å². The van der Waals surface area contributed by atoms with E-state index in [4.69, 9.17) is 8.83 Å². The van der Waals surface area contributed by atoms with Gasteiger partial charge in [0.15, 0.2) is 11.2 Å². The first-order valence-corrected chi connectivity index (χ1v) is 30.9. The van der Waals surface area contributed by atoms with E-state index in [1.54, 1.807) is 0 Å². The van der Waals surface area contributed by atoms with Gasteiger partial charge in [0, 0.05) is 44.3 Å². The van der Waals surface area contributed by atoms with Crippen LogP contribution in [0, 0.1) is 0 Å². The van der Waals surface area contributed by atoms with Gasteiger partial charge in [-0.2, -0.15) is 0 Å². The summed E-state index contributed by atoms with van der Waals surface area (Å²) in [5.41, 5.74) is 25.9. The zero-order valence-electron chi connectivity index (χ0n) is 49.4. The summed E-state index contributed by atoms with van der Waals surface area (Å²) in [5.74, 6) is 0. The van der Waals surface area contributed by atoms with Gasteiger partial charge in [-0.15, -0.1) is 0 Å². The molecule has 0 unspecified atom stereocenters. The van der Waals surface area contributed by atoms with Crippen molar-refractivity contribution in [1.82, 2.24) is 0 Å². The van der Waals surface area contributed by atoms with Crippen molar-refractivity contribution in [2.45, 2.75) is 12.3 Å². The van der Waals surface area contributed by atoms with Crippen molar-refractivity contribution in [3.8, 4) is 44.5 Å². The Labute approximate surface area is 521 Å². The maximum atomic E-state index is 6.71. The van der Waals surface area contributed by atoms with Crippen molar-refractivity contribution < 1.29 is 8.83 Å². The summed E-state index contributed by atoms with van der Waals surface area (Å²) >= 11 is 0. The topological polar surface area (TPSA) is 32.8 Å². The molecule has 0 amide bonds. The molecule has 422 valence electrons. The number of allylic oxidation sites excluding steroid dienone is 1. The largest absolute Gasteiger partial charge is 0.454 e. The van der Waals surface area contributed by atoms with Crippen LogP contribution >= 0.6 is 0 Å². The molecule has 4 heteroatoms. The van der Waals surface area contributed by atoms with Gasteiger partial charge in [0.25, 0.3) is 0 Å². The lowest BCUT2D eigenvalue weighted by atomic mass is 9.68. The maximum absolute atomic E-state index is 6.71. The smallest absolute Gasteiger partial charge is 0.159 e. The quantitative estimate of drug-likeness (QED) is 0.137. The molecular weight excluding hydrogens is 1090 g/mol. The highest BCUT2D eigenvalue weighted by atomic mass is 16.3. The molecule has 0 aliphatic heterocycles. The minimum atomic E-state index is -0.657. The van der Waals surface area contributed by atoms with Crippen LogP contribution in [0.25, 0.3) is 122 Å². The Morgan fingerprint density at radius 3 is 1.41 bits per heavy atom. The van der Waals surface area contributed by atoms with Crippen LogP contribution in [0.4, 0.5) is 34.1 Å². The monoisotopic (exact) mass is 1150 g/mol. The fourth-order valence-corrected chi connectivity index (χ4v) is 15.3. The molecule has 2 aromatic heterocycles. The maximum Gasteiger partial charge on any atom is 0.159 e. The van der Waals surface area contributed by atoms with Crippen LogP contribution in [0.5, 0.6) is 0 Å². The van der Waals surface area contributed by atoms with Gasteiger partial charge in [0.2, 0.25) is 0 Å². The highest BCUT2D eigenvalue weighted by Gasteiger charge is 2.53. The van der Waals surface area contributed by atoms with Crippen molar-refractivity contribution >= 4 is 112 Å². The van der Waals surface area contributed by atoms with Gasteiger partial charge >= 0.3 is 0 Å². The van der Waals surface area contributed by atoms with Crippen LogP contribution in [-0.4, -0.2) is 0 Å². The lowest BCUT2D eigenvalue weighted by molar-refractivity contribution is 0.668. The number of rotatable bonds is 10. The second-order valence-electron chi connectivity index (χ2n) is 23.8. The number of para-hydroxylation sites is 6. The summed E-state index contributed by atoms with van der Waals surface area (Å²) in [6.45, 7) is 6.80. The van der Waals surface area contributed by atoms with Crippen LogP contribution in [0.2, 0.25) is 0 Å². The molecule has 0 N–H and O–H groups in total. The SMILES string of the molecule is C=Cc1c2c(c3ccc(-c4cccc(N(c5ccccc5)c5cccc6c5oc5ccccc56)c4)cc3c1/C=C\C)C1(c3ccccc3-c3ccccc31)c1cc3cc(-c4cccc(N(c5ccccc5)c5cccc6c5oc5ccccc56)c4)ccc3cc1-2. The molecule has 14 aromatic carbocycles. The molecule has 0 bridgehead atoms. The Hall–Kier alpha value is -11.7.